The molecule has 9 nitrogen and oxygen atoms in total. The molecule has 184 valence electrons. The van der Waals surface area contributed by atoms with E-state index in [4.69, 9.17) is 9.47 Å². The van der Waals surface area contributed by atoms with Crippen LogP contribution in [0.15, 0.2) is 60.9 Å². The number of benzene rings is 2. The summed E-state index contributed by atoms with van der Waals surface area (Å²) in [6.45, 7) is 7.58. The standard InChI is InChI=1S/C26H32N6O3/c1-2-20-4-6-21(7-5-20)30-26(33)31-22-8-10-23(11-9-22)35-25-18-24(28-19-29-25)27-12-3-13-32-14-16-34-17-15-32/h4-11,18-19H,2-3,12-17H2,1H3,(H,27,28,29)(H2,30,31,33). The number of morpholine rings is 1. The molecule has 0 atom stereocenters. The quantitative estimate of drug-likeness (QED) is 0.367. The Bertz CT molecular complexity index is 1070. The number of carbonyl (C=O) groups excluding carboxylic acids is 1. The fourth-order valence-electron chi connectivity index (χ4n) is 3.68. The van der Waals surface area contributed by atoms with Crippen LogP contribution in [0.2, 0.25) is 0 Å². The van der Waals surface area contributed by atoms with Crippen LogP contribution in [0.4, 0.5) is 22.0 Å². The van der Waals surface area contributed by atoms with E-state index in [9.17, 15) is 4.79 Å². The van der Waals surface area contributed by atoms with Gasteiger partial charge < -0.3 is 25.4 Å². The van der Waals surface area contributed by atoms with Gasteiger partial charge in [0.2, 0.25) is 5.88 Å². The van der Waals surface area contributed by atoms with Crippen LogP contribution in [0.1, 0.15) is 18.9 Å². The van der Waals surface area contributed by atoms with E-state index < -0.39 is 0 Å². The van der Waals surface area contributed by atoms with Crippen LogP contribution < -0.4 is 20.7 Å². The number of amides is 2. The van der Waals surface area contributed by atoms with Gasteiger partial charge in [-0.1, -0.05) is 19.1 Å². The first-order chi connectivity index (χ1) is 17.2. The molecule has 3 N–H and O–H groups in total. The number of nitrogens with zero attached hydrogens (tertiary/aromatic N) is 3. The average molecular weight is 477 g/mol. The molecule has 2 amide bonds. The molecule has 0 bridgehead atoms. The smallest absolute Gasteiger partial charge is 0.323 e. The number of urea groups is 1. The van der Waals surface area contributed by atoms with Crippen molar-refractivity contribution >= 4 is 23.2 Å². The van der Waals surface area contributed by atoms with Gasteiger partial charge >= 0.3 is 6.03 Å². The third-order valence-corrected chi connectivity index (χ3v) is 5.66. The van der Waals surface area contributed by atoms with Gasteiger partial charge in [-0.05, 0) is 61.3 Å². The van der Waals surface area contributed by atoms with Crippen LogP contribution in [0.3, 0.4) is 0 Å². The van der Waals surface area contributed by atoms with E-state index in [2.05, 4.69) is 37.7 Å². The predicted octanol–water partition coefficient (Wildman–Crippen LogP) is 4.61. The summed E-state index contributed by atoms with van der Waals surface area (Å²) in [5.74, 6) is 1.78. The lowest BCUT2D eigenvalue weighted by atomic mass is 10.1. The summed E-state index contributed by atoms with van der Waals surface area (Å²) in [5, 5.41) is 8.97. The van der Waals surface area contributed by atoms with E-state index in [1.54, 1.807) is 30.3 Å². The Hall–Kier alpha value is -3.69. The van der Waals surface area contributed by atoms with E-state index in [1.807, 2.05) is 24.3 Å². The van der Waals surface area contributed by atoms with Gasteiger partial charge in [0, 0.05) is 37.1 Å². The molecule has 1 fully saturated rings. The molecule has 0 spiro atoms. The van der Waals surface area contributed by atoms with E-state index in [-0.39, 0.29) is 6.03 Å². The monoisotopic (exact) mass is 476 g/mol. The van der Waals surface area contributed by atoms with Gasteiger partial charge in [-0.15, -0.1) is 0 Å². The molecule has 1 saturated heterocycles. The molecule has 9 heteroatoms. The Morgan fingerprint density at radius 1 is 1.00 bits per heavy atom. The third kappa shape index (κ3) is 7.94. The first-order valence-corrected chi connectivity index (χ1v) is 12.0. The zero-order valence-corrected chi connectivity index (χ0v) is 20.0. The zero-order chi connectivity index (χ0) is 24.3. The van der Waals surface area contributed by atoms with Gasteiger partial charge in [0.05, 0.1) is 13.2 Å². The third-order valence-electron chi connectivity index (χ3n) is 5.66. The molecule has 2 aromatic carbocycles. The number of nitrogens with one attached hydrogen (secondary N) is 3. The van der Waals surface area contributed by atoms with Gasteiger partial charge in [-0.3, -0.25) is 4.90 Å². The fourth-order valence-corrected chi connectivity index (χ4v) is 3.68. The zero-order valence-electron chi connectivity index (χ0n) is 20.0. The molecule has 0 unspecified atom stereocenters. The van der Waals surface area contributed by atoms with Crippen molar-refractivity contribution in [2.75, 3.05) is 55.3 Å². The topological polar surface area (TPSA) is 101 Å². The van der Waals surface area contributed by atoms with E-state index in [0.29, 0.717) is 17.3 Å². The normalized spacial score (nSPS) is 13.7. The largest absolute Gasteiger partial charge is 0.439 e. The van der Waals surface area contributed by atoms with Crippen molar-refractivity contribution in [3.8, 4) is 11.6 Å². The molecule has 4 rings (SSSR count). The Balaban J connectivity index is 1.22. The van der Waals surface area contributed by atoms with Crippen molar-refractivity contribution in [1.82, 2.24) is 14.9 Å². The number of aromatic nitrogens is 2. The molecular weight excluding hydrogens is 444 g/mol. The second-order valence-electron chi connectivity index (χ2n) is 8.23. The number of hydrogen-bond acceptors (Lipinski definition) is 7. The fraction of sp³-hybridized carbons (Fsp3) is 0.346. The van der Waals surface area contributed by atoms with Crippen molar-refractivity contribution in [2.45, 2.75) is 19.8 Å². The Kier molecular flexibility index (Phi) is 8.85. The van der Waals surface area contributed by atoms with Crippen LogP contribution in [-0.2, 0) is 11.2 Å². The maximum absolute atomic E-state index is 12.3. The van der Waals surface area contributed by atoms with Crippen LogP contribution in [0.25, 0.3) is 0 Å². The van der Waals surface area contributed by atoms with Gasteiger partial charge in [0.15, 0.2) is 0 Å². The minimum absolute atomic E-state index is 0.303. The molecule has 1 aliphatic heterocycles. The van der Waals surface area contributed by atoms with Crippen LogP contribution in [0.5, 0.6) is 11.6 Å². The van der Waals surface area contributed by atoms with Gasteiger partial charge in [-0.25, -0.2) is 14.8 Å². The molecule has 1 aliphatic rings. The minimum Gasteiger partial charge on any atom is -0.439 e. The number of carbonyl (C=O) groups is 1. The summed E-state index contributed by atoms with van der Waals surface area (Å²) in [5.41, 5.74) is 2.63. The molecule has 1 aromatic heterocycles. The van der Waals surface area contributed by atoms with Crippen molar-refractivity contribution < 1.29 is 14.3 Å². The molecule has 0 saturated carbocycles. The number of rotatable bonds is 10. The molecule has 0 radical (unpaired) electrons. The lowest BCUT2D eigenvalue weighted by Crippen LogP contribution is -2.37. The number of hydrogen-bond donors (Lipinski definition) is 3. The second-order valence-corrected chi connectivity index (χ2v) is 8.23. The number of aryl methyl sites for hydroxylation is 1. The summed E-state index contributed by atoms with van der Waals surface area (Å²) >= 11 is 0. The first kappa shape index (κ1) is 24.4. The number of ether oxygens (including phenoxy) is 2. The van der Waals surface area contributed by atoms with Gasteiger partial charge in [0.25, 0.3) is 0 Å². The summed E-state index contributed by atoms with van der Waals surface area (Å²) in [6, 6.07) is 16.4. The molecule has 0 aliphatic carbocycles. The lowest BCUT2D eigenvalue weighted by Gasteiger charge is -2.26. The SMILES string of the molecule is CCc1ccc(NC(=O)Nc2ccc(Oc3cc(NCCCN4CCOCC4)ncn3)cc2)cc1. The first-order valence-electron chi connectivity index (χ1n) is 12.0. The minimum atomic E-state index is -0.303. The van der Waals surface area contributed by atoms with E-state index in [0.717, 1.165) is 63.7 Å². The molecule has 35 heavy (non-hydrogen) atoms. The van der Waals surface area contributed by atoms with E-state index >= 15 is 0 Å². The highest BCUT2D eigenvalue weighted by Gasteiger charge is 2.09. The molecule has 3 aromatic rings. The number of anilines is 3. The average Bonchev–Trinajstić information content (AvgIpc) is 2.89. The van der Waals surface area contributed by atoms with Gasteiger partial charge in [-0.2, -0.15) is 0 Å². The van der Waals surface area contributed by atoms with Gasteiger partial charge in [0.1, 0.15) is 17.9 Å². The summed E-state index contributed by atoms with van der Waals surface area (Å²) in [4.78, 5) is 23.1. The van der Waals surface area contributed by atoms with Crippen molar-refractivity contribution in [3.05, 3.63) is 66.5 Å². The van der Waals surface area contributed by atoms with Crippen LogP contribution in [-0.4, -0.2) is 60.3 Å². The van der Waals surface area contributed by atoms with Crippen molar-refractivity contribution in [1.29, 1.82) is 0 Å². The van der Waals surface area contributed by atoms with Crippen molar-refractivity contribution in [3.63, 3.8) is 0 Å². The van der Waals surface area contributed by atoms with E-state index in [1.165, 1.54) is 11.9 Å². The summed E-state index contributed by atoms with van der Waals surface area (Å²) in [7, 11) is 0. The van der Waals surface area contributed by atoms with Crippen LogP contribution in [0, 0.1) is 0 Å². The highest BCUT2D eigenvalue weighted by molar-refractivity contribution is 5.99. The van der Waals surface area contributed by atoms with Crippen molar-refractivity contribution in [2.24, 2.45) is 0 Å². The maximum Gasteiger partial charge on any atom is 0.323 e. The summed E-state index contributed by atoms with van der Waals surface area (Å²) < 4.78 is 11.2. The lowest BCUT2D eigenvalue weighted by molar-refractivity contribution is 0.0378. The summed E-state index contributed by atoms with van der Waals surface area (Å²) in [6.07, 6.45) is 3.46. The highest BCUT2D eigenvalue weighted by atomic mass is 16.5. The Morgan fingerprint density at radius 2 is 1.69 bits per heavy atom. The maximum atomic E-state index is 12.3. The predicted molar refractivity (Wildman–Crippen MR) is 137 cm³/mol. The van der Waals surface area contributed by atoms with Crippen LogP contribution >= 0.6 is 0 Å². The second kappa shape index (κ2) is 12.7. The Labute approximate surface area is 205 Å². The molecule has 2 heterocycles. The molecular formula is C26H32N6O3. The highest BCUT2D eigenvalue weighted by Crippen LogP contribution is 2.23. The Morgan fingerprint density at radius 3 is 2.37 bits per heavy atom.